The Morgan fingerprint density at radius 1 is 1.33 bits per heavy atom. The average Bonchev–Trinajstić information content (AvgIpc) is 2.34. The summed E-state index contributed by atoms with van der Waals surface area (Å²) in [6.45, 7) is 0. The van der Waals surface area contributed by atoms with Gasteiger partial charge < -0.3 is 0 Å². The van der Waals surface area contributed by atoms with Crippen molar-refractivity contribution in [3.05, 3.63) is 63.1 Å². The molecule has 1 heterocycles. The fraction of sp³-hybridized carbons (Fsp3) is 0.0769. The van der Waals surface area contributed by atoms with Crippen LogP contribution in [0.3, 0.4) is 0 Å². The number of halogens is 3. The topological polar surface area (TPSA) is 30.0 Å². The third-order valence-electron chi connectivity index (χ3n) is 2.41. The molecule has 0 atom stereocenters. The second kappa shape index (κ2) is 5.59. The molecule has 0 aliphatic heterocycles. The number of carbonyl (C=O) groups is 1. The maximum Gasteiger partial charge on any atom is 0.167 e. The van der Waals surface area contributed by atoms with E-state index in [1.54, 1.807) is 12.1 Å². The summed E-state index contributed by atoms with van der Waals surface area (Å²) in [5, 5.41) is 0.263. The van der Waals surface area contributed by atoms with Gasteiger partial charge in [-0.05, 0) is 35.9 Å². The second-order valence-electron chi connectivity index (χ2n) is 3.70. The highest BCUT2D eigenvalue weighted by atomic mass is 79.9. The summed E-state index contributed by atoms with van der Waals surface area (Å²) < 4.78 is 13.8. The number of hydrogen-bond acceptors (Lipinski definition) is 2. The molecule has 0 unspecified atom stereocenters. The summed E-state index contributed by atoms with van der Waals surface area (Å²) in [7, 11) is 0. The van der Waals surface area contributed by atoms with Crippen molar-refractivity contribution in [2.45, 2.75) is 6.42 Å². The Morgan fingerprint density at radius 3 is 2.83 bits per heavy atom. The zero-order chi connectivity index (χ0) is 13.1. The Labute approximate surface area is 117 Å². The van der Waals surface area contributed by atoms with E-state index >= 15 is 0 Å². The van der Waals surface area contributed by atoms with E-state index in [1.807, 2.05) is 0 Å². The summed E-state index contributed by atoms with van der Waals surface area (Å²) in [5.74, 6) is -0.501. The van der Waals surface area contributed by atoms with Crippen molar-refractivity contribution >= 4 is 33.3 Å². The largest absolute Gasteiger partial charge is 0.294 e. The lowest BCUT2D eigenvalue weighted by molar-refractivity contribution is 0.0992. The van der Waals surface area contributed by atoms with Crippen LogP contribution in [0.15, 0.2) is 41.0 Å². The van der Waals surface area contributed by atoms with Crippen molar-refractivity contribution < 1.29 is 9.18 Å². The zero-order valence-corrected chi connectivity index (χ0v) is 11.5. The molecule has 0 N–H and O–H groups in total. The summed E-state index contributed by atoms with van der Waals surface area (Å²) in [5.41, 5.74) is 1.07. The molecule has 0 fully saturated rings. The number of pyridine rings is 1. The zero-order valence-electron chi connectivity index (χ0n) is 9.16. The van der Waals surface area contributed by atoms with Crippen molar-refractivity contribution in [3.63, 3.8) is 0 Å². The van der Waals surface area contributed by atoms with Crippen LogP contribution in [0.25, 0.3) is 0 Å². The summed E-state index contributed by atoms with van der Waals surface area (Å²) in [4.78, 5) is 15.8. The van der Waals surface area contributed by atoms with E-state index in [0.717, 1.165) is 0 Å². The van der Waals surface area contributed by atoms with Gasteiger partial charge in [-0.3, -0.25) is 4.79 Å². The number of carbonyl (C=O) groups excluding carboxylic acids is 1. The minimum absolute atomic E-state index is 0.110. The molecule has 0 saturated carbocycles. The average molecular weight is 329 g/mol. The molecule has 0 bridgehead atoms. The van der Waals surface area contributed by atoms with Crippen LogP contribution in [-0.4, -0.2) is 10.8 Å². The third-order valence-corrected chi connectivity index (χ3v) is 3.39. The number of rotatable bonds is 3. The molecular weight excluding hydrogens is 321 g/mol. The van der Waals surface area contributed by atoms with Crippen LogP contribution in [0.4, 0.5) is 4.39 Å². The Hall–Kier alpha value is -1.26. The molecule has 0 radical (unpaired) electrons. The second-order valence-corrected chi connectivity index (χ2v) is 4.94. The van der Waals surface area contributed by atoms with Gasteiger partial charge in [0.15, 0.2) is 5.78 Å². The van der Waals surface area contributed by atoms with Gasteiger partial charge >= 0.3 is 0 Å². The van der Waals surface area contributed by atoms with Crippen LogP contribution in [0.2, 0.25) is 5.15 Å². The van der Waals surface area contributed by atoms with E-state index in [0.29, 0.717) is 15.6 Å². The van der Waals surface area contributed by atoms with E-state index in [2.05, 4.69) is 20.9 Å². The van der Waals surface area contributed by atoms with Gasteiger partial charge in [0, 0.05) is 22.7 Å². The molecule has 0 saturated heterocycles. The van der Waals surface area contributed by atoms with Crippen LogP contribution < -0.4 is 0 Å². The lowest BCUT2D eigenvalue weighted by Gasteiger charge is -2.04. The maximum atomic E-state index is 13.1. The molecule has 5 heteroatoms. The van der Waals surface area contributed by atoms with Gasteiger partial charge in [0.05, 0.1) is 0 Å². The molecule has 0 aliphatic carbocycles. The summed E-state index contributed by atoms with van der Waals surface area (Å²) in [6, 6.07) is 7.34. The number of nitrogens with zero attached hydrogens (tertiary/aromatic N) is 1. The molecule has 2 nitrogen and oxygen atoms in total. The minimum atomic E-state index is -0.367. The summed E-state index contributed by atoms with van der Waals surface area (Å²) in [6.07, 6.45) is 1.58. The molecule has 0 amide bonds. The van der Waals surface area contributed by atoms with Crippen molar-refractivity contribution in [1.29, 1.82) is 0 Å². The monoisotopic (exact) mass is 327 g/mol. The molecular formula is C13H8BrClFNO. The van der Waals surface area contributed by atoms with Crippen molar-refractivity contribution in [3.8, 4) is 0 Å². The predicted molar refractivity (Wildman–Crippen MR) is 71.4 cm³/mol. The standard InChI is InChI=1S/C13H8BrClFNO/c14-11-2-1-10(16)5-9(11)6-12(18)8-3-4-17-13(15)7-8/h1-5,7H,6H2. The van der Waals surface area contributed by atoms with E-state index < -0.39 is 0 Å². The third kappa shape index (κ3) is 3.15. The number of hydrogen-bond donors (Lipinski definition) is 0. The van der Waals surface area contributed by atoms with Gasteiger partial charge in [-0.1, -0.05) is 27.5 Å². The Morgan fingerprint density at radius 2 is 2.11 bits per heavy atom. The molecule has 0 spiro atoms. The molecule has 1 aromatic carbocycles. The van der Waals surface area contributed by atoms with Crippen LogP contribution >= 0.6 is 27.5 Å². The minimum Gasteiger partial charge on any atom is -0.294 e. The van der Waals surface area contributed by atoms with Gasteiger partial charge in [0.1, 0.15) is 11.0 Å². The fourth-order valence-corrected chi connectivity index (χ4v) is 2.09. The van der Waals surface area contributed by atoms with E-state index in [-0.39, 0.29) is 23.2 Å². The highest BCUT2D eigenvalue weighted by Gasteiger charge is 2.11. The number of benzene rings is 1. The van der Waals surface area contributed by atoms with Crippen LogP contribution in [0.1, 0.15) is 15.9 Å². The SMILES string of the molecule is O=C(Cc1cc(F)ccc1Br)c1ccnc(Cl)c1. The Bertz CT molecular complexity index is 603. The van der Waals surface area contributed by atoms with Gasteiger partial charge in [0.25, 0.3) is 0 Å². The quantitative estimate of drug-likeness (QED) is 0.628. The maximum absolute atomic E-state index is 13.1. The Balaban J connectivity index is 2.24. The van der Waals surface area contributed by atoms with E-state index in [4.69, 9.17) is 11.6 Å². The number of Topliss-reactive ketones (excluding diaryl/α,β-unsaturated/α-hetero) is 1. The highest BCUT2D eigenvalue weighted by Crippen LogP contribution is 2.20. The van der Waals surface area contributed by atoms with Crippen molar-refractivity contribution in [2.24, 2.45) is 0 Å². The molecule has 92 valence electrons. The molecule has 2 rings (SSSR count). The van der Waals surface area contributed by atoms with Crippen LogP contribution in [-0.2, 0) is 6.42 Å². The van der Waals surface area contributed by atoms with E-state index in [1.165, 1.54) is 24.4 Å². The first-order chi connectivity index (χ1) is 8.56. The Kier molecular flexibility index (Phi) is 4.09. The van der Waals surface area contributed by atoms with E-state index in [9.17, 15) is 9.18 Å². The van der Waals surface area contributed by atoms with Crippen molar-refractivity contribution in [1.82, 2.24) is 4.98 Å². The first-order valence-corrected chi connectivity index (χ1v) is 6.32. The van der Waals surface area contributed by atoms with Crippen LogP contribution in [0, 0.1) is 5.82 Å². The molecule has 18 heavy (non-hydrogen) atoms. The molecule has 0 aliphatic rings. The van der Waals surface area contributed by atoms with Gasteiger partial charge in [-0.25, -0.2) is 9.37 Å². The van der Waals surface area contributed by atoms with Gasteiger partial charge in [-0.15, -0.1) is 0 Å². The fourth-order valence-electron chi connectivity index (χ4n) is 1.53. The predicted octanol–water partition coefficient (Wildman–Crippen LogP) is 4.06. The van der Waals surface area contributed by atoms with Gasteiger partial charge in [0.2, 0.25) is 0 Å². The first kappa shape index (κ1) is 13.2. The number of aromatic nitrogens is 1. The smallest absolute Gasteiger partial charge is 0.167 e. The number of ketones is 1. The van der Waals surface area contributed by atoms with Crippen molar-refractivity contribution in [2.75, 3.05) is 0 Å². The first-order valence-electron chi connectivity index (χ1n) is 5.15. The van der Waals surface area contributed by atoms with Gasteiger partial charge in [-0.2, -0.15) is 0 Å². The van der Waals surface area contributed by atoms with Crippen LogP contribution in [0.5, 0.6) is 0 Å². The molecule has 2 aromatic rings. The summed E-state index contributed by atoms with van der Waals surface area (Å²) >= 11 is 9.00. The highest BCUT2D eigenvalue weighted by molar-refractivity contribution is 9.10. The molecule has 1 aromatic heterocycles. The normalized spacial score (nSPS) is 10.4. The lowest BCUT2D eigenvalue weighted by Crippen LogP contribution is -2.04. The lowest BCUT2D eigenvalue weighted by atomic mass is 10.0.